The molecule has 0 heterocycles. The highest BCUT2D eigenvalue weighted by Crippen LogP contribution is 2.29. The van der Waals surface area contributed by atoms with Crippen LogP contribution in [0.5, 0.6) is 0 Å². The van der Waals surface area contributed by atoms with E-state index in [4.69, 9.17) is 0 Å². The molecule has 0 spiro atoms. The molecule has 0 bridgehead atoms. The van der Waals surface area contributed by atoms with Crippen molar-refractivity contribution in [3.8, 4) is 0 Å². The van der Waals surface area contributed by atoms with E-state index in [0.29, 0.717) is 6.54 Å². The van der Waals surface area contributed by atoms with Crippen molar-refractivity contribution in [2.75, 3.05) is 13.1 Å². The molecule has 1 fully saturated rings. The zero-order valence-electron chi connectivity index (χ0n) is 13.4. The number of benzene rings is 1. The van der Waals surface area contributed by atoms with E-state index in [1.165, 1.54) is 5.56 Å². The first-order chi connectivity index (χ1) is 10.5. The van der Waals surface area contributed by atoms with Gasteiger partial charge >= 0.3 is 0 Å². The van der Waals surface area contributed by atoms with E-state index < -0.39 is 5.60 Å². The molecule has 0 aliphatic heterocycles. The molecule has 0 amide bonds. The maximum absolute atomic E-state index is 10.4. The molecule has 1 aliphatic carbocycles. The fourth-order valence-corrected chi connectivity index (χ4v) is 3.47. The van der Waals surface area contributed by atoms with E-state index in [0.717, 1.165) is 42.7 Å². The Morgan fingerprint density at radius 1 is 1.36 bits per heavy atom. The number of nitrogens with zero attached hydrogens (tertiary/aromatic N) is 1. The largest absolute Gasteiger partial charge is 0.388 e. The predicted octanol–water partition coefficient (Wildman–Crippen LogP) is 3.37. The minimum absolute atomic E-state index is 0.131. The van der Waals surface area contributed by atoms with Crippen molar-refractivity contribution in [1.29, 1.82) is 0 Å². The average Bonchev–Trinajstić information content (AvgIpc) is 2.93. The second-order valence-electron chi connectivity index (χ2n) is 6.01. The molecule has 5 heteroatoms. The van der Waals surface area contributed by atoms with Gasteiger partial charge in [-0.2, -0.15) is 0 Å². The van der Waals surface area contributed by atoms with Crippen molar-refractivity contribution in [2.45, 2.75) is 51.2 Å². The van der Waals surface area contributed by atoms with Gasteiger partial charge in [0.25, 0.3) is 0 Å². The van der Waals surface area contributed by atoms with Crippen molar-refractivity contribution >= 4 is 21.9 Å². The fraction of sp³-hybridized carbons (Fsp3) is 0.588. The Morgan fingerprint density at radius 3 is 2.68 bits per heavy atom. The minimum Gasteiger partial charge on any atom is -0.388 e. The summed E-state index contributed by atoms with van der Waals surface area (Å²) in [5.74, 6) is 0.756. The Kier molecular flexibility index (Phi) is 6.26. The molecular weight excluding hydrogens is 342 g/mol. The summed E-state index contributed by atoms with van der Waals surface area (Å²) in [5, 5.41) is 17.1. The summed E-state index contributed by atoms with van der Waals surface area (Å²) in [6.07, 6.45) is 3.91. The lowest BCUT2D eigenvalue weighted by Crippen LogP contribution is -2.40. The molecular formula is C17H26BrN3O. The lowest BCUT2D eigenvalue weighted by Gasteiger charge is -2.22. The van der Waals surface area contributed by atoms with E-state index in [-0.39, 0.29) is 6.04 Å². The van der Waals surface area contributed by atoms with Crippen molar-refractivity contribution in [1.82, 2.24) is 10.6 Å². The van der Waals surface area contributed by atoms with Gasteiger partial charge in [-0.25, -0.2) is 0 Å². The third kappa shape index (κ3) is 4.71. The summed E-state index contributed by atoms with van der Waals surface area (Å²) < 4.78 is 1.08. The fourth-order valence-electron chi connectivity index (χ4n) is 2.85. The Morgan fingerprint density at radius 2 is 2.05 bits per heavy atom. The second kappa shape index (κ2) is 7.97. The molecule has 0 aromatic heterocycles. The van der Waals surface area contributed by atoms with Crippen LogP contribution < -0.4 is 10.6 Å². The topological polar surface area (TPSA) is 56.7 Å². The van der Waals surface area contributed by atoms with Crippen molar-refractivity contribution < 1.29 is 5.11 Å². The maximum atomic E-state index is 10.4. The number of guanidine groups is 1. The number of rotatable bonds is 5. The summed E-state index contributed by atoms with van der Waals surface area (Å²) in [5.41, 5.74) is 0.575. The molecule has 1 saturated carbocycles. The summed E-state index contributed by atoms with van der Waals surface area (Å²) >= 11 is 3.59. The molecule has 4 nitrogen and oxygen atoms in total. The van der Waals surface area contributed by atoms with Gasteiger partial charge in [0.05, 0.1) is 18.2 Å². The average molecular weight is 368 g/mol. The number of aliphatic hydroxyl groups is 1. The predicted molar refractivity (Wildman–Crippen MR) is 95.1 cm³/mol. The summed E-state index contributed by atoms with van der Waals surface area (Å²) in [7, 11) is 0. The van der Waals surface area contributed by atoms with Crippen molar-refractivity contribution in [3.63, 3.8) is 0 Å². The zero-order valence-corrected chi connectivity index (χ0v) is 15.0. The van der Waals surface area contributed by atoms with Crippen LogP contribution in [0.2, 0.25) is 0 Å². The van der Waals surface area contributed by atoms with E-state index in [1.54, 1.807) is 0 Å². The van der Waals surface area contributed by atoms with Gasteiger partial charge in [0.2, 0.25) is 0 Å². The molecule has 1 unspecified atom stereocenters. The van der Waals surface area contributed by atoms with Gasteiger partial charge in [-0.1, -0.05) is 47.0 Å². The van der Waals surface area contributed by atoms with Crippen LogP contribution in [0.3, 0.4) is 0 Å². The van der Waals surface area contributed by atoms with Gasteiger partial charge < -0.3 is 15.7 Å². The monoisotopic (exact) mass is 367 g/mol. The number of aliphatic imine (C=N–C) groups is 1. The molecule has 1 atom stereocenters. The van der Waals surface area contributed by atoms with Gasteiger partial charge in [0, 0.05) is 11.0 Å². The van der Waals surface area contributed by atoms with Crippen molar-refractivity contribution in [3.05, 3.63) is 34.3 Å². The van der Waals surface area contributed by atoms with Crippen LogP contribution in [-0.4, -0.2) is 29.8 Å². The highest BCUT2D eigenvalue weighted by Gasteiger charge is 2.30. The molecule has 22 heavy (non-hydrogen) atoms. The van der Waals surface area contributed by atoms with Gasteiger partial charge in [0.15, 0.2) is 5.96 Å². The van der Waals surface area contributed by atoms with E-state index in [1.807, 2.05) is 25.1 Å². The normalized spacial score (nSPS) is 19.0. The van der Waals surface area contributed by atoms with Crippen LogP contribution in [0.4, 0.5) is 0 Å². The maximum Gasteiger partial charge on any atom is 0.191 e. The highest BCUT2D eigenvalue weighted by molar-refractivity contribution is 9.10. The quantitative estimate of drug-likeness (QED) is 0.552. The molecule has 3 N–H and O–H groups in total. The Balaban J connectivity index is 2.03. The molecule has 1 aliphatic rings. The molecule has 1 aromatic carbocycles. The number of halogens is 1. The van der Waals surface area contributed by atoms with Gasteiger partial charge in [-0.05, 0) is 38.3 Å². The van der Waals surface area contributed by atoms with E-state index >= 15 is 0 Å². The summed E-state index contributed by atoms with van der Waals surface area (Å²) in [4.78, 5) is 4.59. The Bertz CT molecular complexity index is 512. The molecule has 122 valence electrons. The first-order valence-electron chi connectivity index (χ1n) is 8.06. The highest BCUT2D eigenvalue weighted by atomic mass is 79.9. The number of hydrogen-bond donors (Lipinski definition) is 3. The van der Waals surface area contributed by atoms with Crippen LogP contribution in [0.1, 0.15) is 51.1 Å². The summed E-state index contributed by atoms with van der Waals surface area (Å²) in [6.45, 7) is 5.42. The van der Waals surface area contributed by atoms with E-state index in [9.17, 15) is 5.11 Å². The Hall–Kier alpha value is -1.07. The van der Waals surface area contributed by atoms with Crippen molar-refractivity contribution in [2.24, 2.45) is 4.99 Å². The van der Waals surface area contributed by atoms with Crippen LogP contribution in [0.25, 0.3) is 0 Å². The SMILES string of the molecule is CCNC(=NCC1(O)CCCC1)NC(C)c1ccccc1Br. The second-order valence-corrected chi connectivity index (χ2v) is 6.87. The van der Waals surface area contributed by atoms with E-state index in [2.05, 4.69) is 44.5 Å². The van der Waals surface area contributed by atoms with Gasteiger partial charge in [-0.15, -0.1) is 0 Å². The smallest absolute Gasteiger partial charge is 0.191 e. The molecule has 0 radical (unpaired) electrons. The first-order valence-corrected chi connectivity index (χ1v) is 8.85. The number of hydrogen-bond acceptors (Lipinski definition) is 2. The lowest BCUT2D eigenvalue weighted by molar-refractivity contribution is 0.0574. The first kappa shape index (κ1) is 17.3. The lowest BCUT2D eigenvalue weighted by atomic mass is 10.0. The van der Waals surface area contributed by atoms with Crippen LogP contribution >= 0.6 is 15.9 Å². The molecule has 1 aromatic rings. The van der Waals surface area contributed by atoms with Gasteiger partial charge in [-0.3, -0.25) is 4.99 Å². The standard InChI is InChI=1S/C17H26BrN3O/c1-3-19-16(20-12-17(22)10-6-7-11-17)21-13(2)14-8-4-5-9-15(14)18/h4-5,8-9,13,22H,3,6-7,10-12H2,1-2H3,(H2,19,20,21). The third-order valence-electron chi connectivity index (χ3n) is 4.13. The third-order valence-corrected chi connectivity index (χ3v) is 4.86. The molecule has 2 rings (SSSR count). The van der Waals surface area contributed by atoms with Crippen LogP contribution in [0, 0.1) is 0 Å². The van der Waals surface area contributed by atoms with Gasteiger partial charge in [0.1, 0.15) is 0 Å². The van der Waals surface area contributed by atoms with Crippen LogP contribution in [-0.2, 0) is 0 Å². The molecule has 0 saturated heterocycles. The minimum atomic E-state index is -0.612. The van der Waals surface area contributed by atoms with Crippen LogP contribution in [0.15, 0.2) is 33.7 Å². The summed E-state index contributed by atoms with van der Waals surface area (Å²) in [6, 6.07) is 8.31. The Labute approximate surface area is 141 Å². The number of nitrogens with one attached hydrogen (secondary N) is 2. The zero-order chi connectivity index (χ0) is 16.0.